The second-order valence-electron chi connectivity index (χ2n) is 6.14. The first-order chi connectivity index (χ1) is 12.5. The molecule has 0 saturated carbocycles. The van der Waals surface area contributed by atoms with E-state index in [4.69, 9.17) is 15.6 Å². The number of ether oxygens (including phenoxy) is 1. The van der Waals surface area contributed by atoms with Gasteiger partial charge in [0.15, 0.2) is 22.1 Å². The van der Waals surface area contributed by atoms with Crippen molar-refractivity contribution in [2.75, 3.05) is 24.7 Å². The molecule has 2 aromatic heterocycles. The maximum absolute atomic E-state index is 10.0. The number of fused-ring (bicyclic) bond motifs is 1. The van der Waals surface area contributed by atoms with E-state index in [1.807, 2.05) is 0 Å². The predicted octanol–water partition coefficient (Wildman–Crippen LogP) is -0.725. The molecule has 0 bridgehead atoms. The molecule has 1 aliphatic rings. The Labute approximate surface area is 154 Å². The number of aliphatic hydroxyl groups excluding tert-OH is 4. The van der Waals surface area contributed by atoms with Gasteiger partial charge in [-0.1, -0.05) is 11.8 Å². The molecule has 1 unspecified atom stereocenters. The Morgan fingerprint density at radius 2 is 2.19 bits per heavy atom. The highest BCUT2D eigenvalue weighted by Gasteiger charge is 2.36. The van der Waals surface area contributed by atoms with E-state index in [-0.39, 0.29) is 19.0 Å². The minimum absolute atomic E-state index is 0.253. The molecule has 1 fully saturated rings. The molecule has 2 aromatic rings. The Morgan fingerprint density at radius 1 is 1.38 bits per heavy atom. The number of rotatable bonds is 8. The summed E-state index contributed by atoms with van der Waals surface area (Å²) in [5.74, 6) is 0.912. The van der Waals surface area contributed by atoms with E-state index in [2.05, 4.69) is 15.0 Å². The molecule has 6 N–H and O–H groups in total. The van der Waals surface area contributed by atoms with Crippen LogP contribution >= 0.6 is 11.8 Å². The highest BCUT2D eigenvalue weighted by Crippen LogP contribution is 2.36. The van der Waals surface area contributed by atoms with Crippen molar-refractivity contribution in [2.45, 2.75) is 49.0 Å². The molecular weight excluding hydrogens is 362 g/mol. The molecule has 26 heavy (non-hydrogen) atoms. The molecular formula is C15H23N5O5S. The van der Waals surface area contributed by atoms with Gasteiger partial charge >= 0.3 is 0 Å². The summed E-state index contributed by atoms with van der Waals surface area (Å²) in [4.78, 5) is 12.7. The van der Waals surface area contributed by atoms with Crippen LogP contribution in [0.5, 0.6) is 0 Å². The van der Waals surface area contributed by atoms with Crippen LogP contribution in [0.3, 0.4) is 0 Å². The molecule has 1 aliphatic heterocycles. The topological polar surface area (TPSA) is 160 Å². The lowest BCUT2D eigenvalue weighted by Gasteiger charge is -2.16. The Morgan fingerprint density at radius 3 is 2.88 bits per heavy atom. The molecule has 3 heterocycles. The molecule has 0 amide bonds. The fraction of sp³-hybridized carbons (Fsp3) is 0.667. The van der Waals surface area contributed by atoms with E-state index in [0.29, 0.717) is 41.3 Å². The van der Waals surface area contributed by atoms with Gasteiger partial charge in [0.2, 0.25) is 0 Å². The summed E-state index contributed by atoms with van der Waals surface area (Å²) < 4.78 is 7.52. The number of anilines is 1. The van der Waals surface area contributed by atoms with Crippen LogP contribution in [0.15, 0.2) is 11.5 Å². The van der Waals surface area contributed by atoms with Crippen LogP contribution in [0.25, 0.3) is 11.2 Å². The molecule has 3 rings (SSSR count). The third-order valence-electron chi connectivity index (χ3n) is 4.27. The largest absolute Gasteiger partial charge is 0.394 e. The minimum Gasteiger partial charge on any atom is -0.394 e. The van der Waals surface area contributed by atoms with Gasteiger partial charge in [0.25, 0.3) is 0 Å². The lowest BCUT2D eigenvalue weighted by molar-refractivity contribution is -0.0457. The smallest absolute Gasteiger partial charge is 0.172 e. The molecule has 0 aliphatic carbocycles. The number of nitrogens with zero attached hydrogens (tertiary/aromatic N) is 4. The zero-order valence-corrected chi connectivity index (χ0v) is 14.9. The fourth-order valence-corrected chi connectivity index (χ4v) is 3.87. The monoisotopic (exact) mass is 385 g/mol. The molecule has 4 atom stereocenters. The van der Waals surface area contributed by atoms with Gasteiger partial charge in [0.1, 0.15) is 18.7 Å². The van der Waals surface area contributed by atoms with Crippen molar-refractivity contribution in [3.8, 4) is 0 Å². The number of hydrogen-bond acceptors (Lipinski definition) is 10. The van der Waals surface area contributed by atoms with E-state index in [9.17, 15) is 15.3 Å². The van der Waals surface area contributed by atoms with Gasteiger partial charge in [-0.15, -0.1) is 0 Å². The van der Waals surface area contributed by atoms with Crippen molar-refractivity contribution < 1.29 is 25.2 Å². The maximum Gasteiger partial charge on any atom is 0.172 e. The van der Waals surface area contributed by atoms with Crippen LogP contribution in [-0.4, -0.2) is 77.2 Å². The van der Waals surface area contributed by atoms with Gasteiger partial charge in [0.05, 0.1) is 25.4 Å². The summed E-state index contributed by atoms with van der Waals surface area (Å²) in [6, 6.07) is 0. The van der Waals surface area contributed by atoms with E-state index < -0.39 is 24.5 Å². The van der Waals surface area contributed by atoms with Gasteiger partial charge in [-0.2, -0.15) is 0 Å². The molecule has 10 nitrogen and oxygen atoms in total. The maximum atomic E-state index is 10.0. The summed E-state index contributed by atoms with van der Waals surface area (Å²) in [7, 11) is 0. The number of nitrogens with two attached hydrogens (primary N) is 1. The Hall–Kier alpha value is -1.50. The number of nitrogen functional groups attached to an aromatic ring is 1. The molecule has 0 aromatic carbocycles. The highest BCUT2D eigenvalue weighted by atomic mass is 32.2. The molecule has 11 heteroatoms. The number of aliphatic hydroxyl groups is 4. The first kappa shape index (κ1) is 19.3. The molecule has 0 spiro atoms. The van der Waals surface area contributed by atoms with Crippen LogP contribution in [-0.2, 0) is 4.74 Å². The molecule has 1 saturated heterocycles. The average molecular weight is 385 g/mol. The van der Waals surface area contributed by atoms with Crippen molar-refractivity contribution in [3.05, 3.63) is 6.33 Å². The van der Waals surface area contributed by atoms with E-state index >= 15 is 0 Å². The zero-order chi connectivity index (χ0) is 18.7. The van der Waals surface area contributed by atoms with Crippen LogP contribution in [0.4, 0.5) is 5.82 Å². The number of imidazole rings is 1. The Balaban J connectivity index is 1.84. The second-order valence-corrected chi connectivity index (χ2v) is 7.20. The van der Waals surface area contributed by atoms with Crippen molar-refractivity contribution >= 4 is 28.7 Å². The summed E-state index contributed by atoms with van der Waals surface area (Å²) in [5, 5.41) is 38.3. The normalized spacial score (nSPS) is 24.4. The third kappa shape index (κ3) is 3.92. The molecule has 0 radical (unpaired) electrons. The van der Waals surface area contributed by atoms with Crippen molar-refractivity contribution in [2.24, 2.45) is 0 Å². The summed E-state index contributed by atoms with van der Waals surface area (Å²) >= 11 is 1.44. The molecule has 144 valence electrons. The van der Waals surface area contributed by atoms with Crippen LogP contribution < -0.4 is 5.73 Å². The summed E-state index contributed by atoms with van der Waals surface area (Å²) in [6.07, 6.45) is 0.129. The van der Waals surface area contributed by atoms with E-state index in [1.165, 1.54) is 18.1 Å². The van der Waals surface area contributed by atoms with E-state index in [0.717, 1.165) is 0 Å². The average Bonchev–Trinajstić information content (AvgIpc) is 3.19. The quantitative estimate of drug-likeness (QED) is 0.290. The first-order valence-electron chi connectivity index (χ1n) is 8.39. The van der Waals surface area contributed by atoms with Crippen LogP contribution in [0.1, 0.15) is 25.5 Å². The Kier molecular flexibility index (Phi) is 6.27. The van der Waals surface area contributed by atoms with Gasteiger partial charge < -0.3 is 30.9 Å². The second kappa shape index (κ2) is 8.46. The summed E-state index contributed by atoms with van der Waals surface area (Å²) in [6.45, 7) is -0.533. The summed E-state index contributed by atoms with van der Waals surface area (Å²) in [5.41, 5.74) is 6.86. The number of thioether (sulfide) groups is 1. The lowest BCUT2D eigenvalue weighted by Crippen LogP contribution is -2.24. The number of hydrogen-bond donors (Lipinski definition) is 5. The number of aromatic nitrogens is 4. The zero-order valence-electron chi connectivity index (χ0n) is 14.1. The highest BCUT2D eigenvalue weighted by molar-refractivity contribution is 7.99. The van der Waals surface area contributed by atoms with Crippen molar-refractivity contribution in [3.63, 3.8) is 0 Å². The third-order valence-corrected chi connectivity index (χ3v) is 5.31. The standard InChI is InChI=1S/C15H23N5O5S/c16-13-12-14(18-7-17-13)20(11-4-9(24)10(6-22)25-11)15(19-12)26-3-1-2-8(23)5-21/h7-11,21-24H,1-6H2,(H2,16,17,18)/t8?,9-,10+,11+/m0/s1. The predicted molar refractivity (Wildman–Crippen MR) is 94.4 cm³/mol. The van der Waals surface area contributed by atoms with Gasteiger partial charge in [-0.3, -0.25) is 4.57 Å². The Bertz CT molecular complexity index is 745. The SMILES string of the molecule is Nc1ncnc2c1nc(SCCCC(O)CO)n2[C@H]1C[C@H](O)[C@@H](CO)O1. The first-order valence-corrected chi connectivity index (χ1v) is 9.38. The van der Waals surface area contributed by atoms with Crippen LogP contribution in [0, 0.1) is 0 Å². The van der Waals surface area contributed by atoms with Gasteiger partial charge in [-0.25, -0.2) is 15.0 Å². The van der Waals surface area contributed by atoms with Crippen molar-refractivity contribution in [1.82, 2.24) is 19.5 Å². The van der Waals surface area contributed by atoms with Gasteiger partial charge in [-0.05, 0) is 12.8 Å². The lowest BCUT2D eigenvalue weighted by atomic mass is 10.2. The van der Waals surface area contributed by atoms with Crippen LogP contribution in [0.2, 0.25) is 0 Å². The minimum atomic E-state index is -0.779. The van der Waals surface area contributed by atoms with E-state index in [1.54, 1.807) is 4.57 Å². The fourth-order valence-electron chi connectivity index (χ4n) is 2.88. The van der Waals surface area contributed by atoms with Crippen molar-refractivity contribution in [1.29, 1.82) is 0 Å². The van der Waals surface area contributed by atoms with Gasteiger partial charge in [0, 0.05) is 12.2 Å².